The van der Waals surface area contributed by atoms with Crippen LogP contribution in [0.5, 0.6) is 0 Å². The first-order chi connectivity index (χ1) is 10.1. The lowest BCUT2D eigenvalue weighted by atomic mass is 9.93. The van der Waals surface area contributed by atoms with E-state index in [1.807, 2.05) is 36.4 Å². The van der Waals surface area contributed by atoms with Crippen LogP contribution in [0.25, 0.3) is 0 Å². The number of nitrogens with one attached hydrogen (secondary N) is 2. The van der Waals surface area contributed by atoms with Crippen molar-refractivity contribution in [1.82, 2.24) is 0 Å². The zero-order valence-electron chi connectivity index (χ0n) is 11.2. The first-order valence-electron chi connectivity index (χ1n) is 6.72. The van der Waals surface area contributed by atoms with Gasteiger partial charge in [0, 0.05) is 21.2 Å². The van der Waals surface area contributed by atoms with Gasteiger partial charge in [-0.1, -0.05) is 24.3 Å². The number of fused-ring (bicyclic) bond motifs is 1. The van der Waals surface area contributed by atoms with Crippen LogP contribution in [0, 0.1) is 5.92 Å². The summed E-state index contributed by atoms with van der Waals surface area (Å²) in [7, 11) is 0. The van der Waals surface area contributed by atoms with Gasteiger partial charge in [-0.05, 0) is 62.0 Å². The second-order valence-electron chi connectivity index (χ2n) is 5.03. The molecule has 0 radical (unpaired) electrons. The molecule has 1 heterocycles. The summed E-state index contributed by atoms with van der Waals surface area (Å²) in [6.45, 7) is 0.658. The van der Waals surface area contributed by atoms with E-state index in [4.69, 9.17) is 0 Å². The number of hydrogen-bond acceptors (Lipinski definition) is 2. The molecule has 0 spiro atoms. The minimum Gasteiger partial charge on any atom is -0.384 e. The molecule has 3 nitrogen and oxygen atoms in total. The topological polar surface area (TPSA) is 41.1 Å². The van der Waals surface area contributed by atoms with Crippen LogP contribution in [0.4, 0.5) is 11.4 Å². The predicted molar refractivity (Wildman–Crippen MR) is 92.6 cm³/mol. The monoisotopic (exact) mass is 408 g/mol. The number of rotatable bonds is 2. The Kier molecular flexibility index (Phi) is 4.31. The summed E-state index contributed by atoms with van der Waals surface area (Å²) in [5.41, 5.74) is 3.10. The van der Waals surface area contributed by atoms with Gasteiger partial charge in [0.1, 0.15) is 0 Å². The smallest absolute Gasteiger partial charge is 0.229 e. The minimum atomic E-state index is -0.0705. The van der Waals surface area contributed by atoms with Crippen molar-refractivity contribution in [3.05, 3.63) is 57.0 Å². The molecule has 21 heavy (non-hydrogen) atoms. The number of anilines is 2. The molecular weight excluding hydrogens is 396 g/mol. The van der Waals surface area contributed by atoms with Gasteiger partial charge < -0.3 is 10.6 Å². The van der Waals surface area contributed by atoms with Crippen LogP contribution < -0.4 is 10.6 Å². The van der Waals surface area contributed by atoms with E-state index in [2.05, 4.69) is 48.6 Å². The van der Waals surface area contributed by atoms with Crippen molar-refractivity contribution >= 4 is 49.1 Å². The third-order valence-corrected chi connectivity index (χ3v) is 4.93. The molecule has 5 heteroatoms. The minimum absolute atomic E-state index is 0.0320. The summed E-state index contributed by atoms with van der Waals surface area (Å²) >= 11 is 6.93. The zero-order chi connectivity index (χ0) is 14.8. The lowest BCUT2D eigenvalue weighted by Gasteiger charge is -2.25. The molecule has 1 aliphatic heterocycles. The Labute approximate surface area is 140 Å². The van der Waals surface area contributed by atoms with Crippen LogP contribution in [0.15, 0.2) is 51.4 Å². The first kappa shape index (κ1) is 14.6. The Balaban J connectivity index is 1.76. The molecule has 0 aromatic heterocycles. The number of halogens is 2. The summed E-state index contributed by atoms with van der Waals surface area (Å²) in [6.07, 6.45) is 0.761. The number of amides is 1. The highest BCUT2D eigenvalue weighted by molar-refractivity contribution is 9.11. The van der Waals surface area contributed by atoms with E-state index in [0.29, 0.717) is 6.54 Å². The fourth-order valence-electron chi connectivity index (χ4n) is 2.47. The summed E-state index contributed by atoms with van der Waals surface area (Å²) in [4.78, 5) is 12.5. The van der Waals surface area contributed by atoms with E-state index in [1.165, 1.54) is 5.56 Å². The van der Waals surface area contributed by atoms with Crippen LogP contribution in [-0.2, 0) is 11.2 Å². The Morgan fingerprint density at radius 1 is 1.10 bits per heavy atom. The quantitative estimate of drug-likeness (QED) is 0.769. The SMILES string of the molecule is O=C(Nc1c(Br)cccc1Br)C1CNc2ccccc2C1. The van der Waals surface area contributed by atoms with E-state index in [9.17, 15) is 4.79 Å². The van der Waals surface area contributed by atoms with Gasteiger partial charge in [0.25, 0.3) is 0 Å². The zero-order valence-corrected chi connectivity index (χ0v) is 14.4. The highest BCUT2D eigenvalue weighted by atomic mass is 79.9. The van der Waals surface area contributed by atoms with Gasteiger partial charge in [-0.3, -0.25) is 4.79 Å². The molecule has 108 valence electrons. The van der Waals surface area contributed by atoms with Crippen molar-refractivity contribution < 1.29 is 4.79 Å². The highest BCUT2D eigenvalue weighted by Crippen LogP contribution is 2.32. The highest BCUT2D eigenvalue weighted by Gasteiger charge is 2.25. The van der Waals surface area contributed by atoms with Crippen LogP contribution in [0.2, 0.25) is 0 Å². The molecule has 1 amide bonds. The van der Waals surface area contributed by atoms with E-state index >= 15 is 0 Å². The van der Waals surface area contributed by atoms with Gasteiger partial charge in [-0.2, -0.15) is 0 Å². The molecule has 2 aromatic carbocycles. The van der Waals surface area contributed by atoms with Gasteiger partial charge in [-0.15, -0.1) is 0 Å². The maximum Gasteiger partial charge on any atom is 0.229 e. The molecule has 2 aromatic rings. The summed E-state index contributed by atoms with van der Waals surface area (Å²) < 4.78 is 1.74. The summed E-state index contributed by atoms with van der Waals surface area (Å²) in [5.74, 6) is -0.0384. The van der Waals surface area contributed by atoms with Crippen molar-refractivity contribution in [1.29, 1.82) is 0 Å². The number of para-hydroxylation sites is 2. The van der Waals surface area contributed by atoms with Crippen molar-refractivity contribution in [3.63, 3.8) is 0 Å². The van der Waals surface area contributed by atoms with Crippen LogP contribution in [-0.4, -0.2) is 12.5 Å². The molecule has 0 saturated carbocycles. The third kappa shape index (κ3) is 3.14. The fourth-order valence-corrected chi connectivity index (χ4v) is 3.67. The van der Waals surface area contributed by atoms with Crippen molar-refractivity contribution in [2.45, 2.75) is 6.42 Å². The summed E-state index contributed by atoms with van der Waals surface area (Å²) in [5, 5.41) is 6.33. The summed E-state index contributed by atoms with van der Waals surface area (Å²) in [6, 6.07) is 13.9. The van der Waals surface area contributed by atoms with Crippen molar-refractivity contribution in [2.75, 3.05) is 17.2 Å². The molecule has 0 bridgehead atoms. The fraction of sp³-hybridized carbons (Fsp3) is 0.188. The Bertz CT molecular complexity index is 667. The average Bonchev–Trinajstić information content (AvgIpc) is 2.50. The maximum absolute atomic E-state index is 12.5. The number of carbonyl (C=O) groups is 1. The largest absolute Gasteiger partial charge is 0.384 e. The maximum atomic E-state index is 12.5. The normalized spacial score (nSPS) is 16.8. The molecule has 0 fully saturated rings. The van der Waals surface area contributed by atoms with Crippen molar-refractivity contribution in [3.8, 4) is 0 Å². The van der Waals surface area contributed by atoms with E-state index < -0.39 is 0 Å². The Morgan fingerprint density at radius 3 is 2.57 bits per heavy atom. The van der Waals surface area contributed by atoms with Crippen LogP contribution in [0.3, 0.4) is 0 Å². The molecule has 3 rings (SSSR count). The lowest BCUT2D eigenvalue weighted by Crippen LogP contribution is -2.33. The van der Waals surface area contributed by atoms with Gasteiger partial charge >= 0.3 is 0 Å². The predicted octanol–water partition coefficient (Wildman–Crippen LogP) is 4.43. The molecule has 0 aliphatic carbocycles. The Morgan fingerprint density at radius 2 is 1.81 bits per heavy atom. The van der Waals surface area contributed by atoms with E-state index in [1.54, 1.807) is 0 Å². The lowest BCUT2D eigenvalue weighted by molar-refractivity contribution is -0.119. The number of hydrogen-bond donors (Lipinski definition) is 2. The molecule has 1 aliphatic rings. The molecule has 2 N–H and O–H groups in total. The molecule has 1 atom stereocenters. The van der Waals surface area contributed by atoms with Gasteiger partial charge in [-0.25, -0.2) is 0 Å². The van der Waals surface area contributed by atoms with Crippen LogP contribution >= 0.6 is 31.9 Å². The van der Waals surface area contributed by atoms with Gasteiger partial charge in [0.05, 0.1) is 11.6 Å². The Hall–Kier alpha value is -1.33. The standard InChI is InChI=1S/C16H14Br2N2O/c17-12-5-3-6-13(18)15(12)20-16(21)11-8-10-4-1-2-7-14(10)19-9-11/h1-7,11,19H,8-9H2,(H,20,21). The molecule has 1 unspecified atom stereocenters. The second-order valence-corrected chi connectivity index (χ2v) is 6.73. The third-order valence-electron chi connectivity index (χ3n) is 3.60. The number of benzene rings is 2. The van der Waals surface area contributed by atoms with Crippen LogP contribution in [0.1, 0.15) is 5.56 Å². The second kappa shape index (κ2) is 6.20. The molecule has 0 saturated heterocycles. The van der Waals surface area contributed by atoms with E-state index in [-0.39, 0.29) is 11.8 Å². The van der Waals surface area contributed by atoms with Crippen molar-refractivity contribution in [2.24, 2.45) is 5.92 Å². The number of carbonyl (C=O) groups excluding carboxylic acids is 1. The van der Waals surface area contributed by atoms with E-state index in [0.717, 1.165) is 26.7 Å². The van der Waals surface area contributed by atoms with Gasteiger partial charge in [0.15, 0.2) is 0 Å². The molecular formula is C16H14Br2N2O. The van der Waals surface area contributed by atoms with Gasteiger partial charge in [0.2, 0.25) is 5.91 Å². The average molecular weight is 410 g/mol. The first-order valence-corrected chi connectivity index (χ1v) is 8.30.